The lowest BCUT2D eigenvalue weighted by molar-refractivity contribution is -0.0182. The van der Waals surface area contributed by atoms with Crippen LogP contribution in [0, 0.1) is 0 Å². The average Bonchev–Trinajstić information content (AvgIpc) is 2.77. The fourth-order valence-corrected chi connectivity index (χ4v) is 2.15. The van der Waals surface area contributed by atoms with Crippen molar-refractivity contribution >= 4 is 0 Å². The third kappa shape index (κ3) is 3.52. The van der Waals surface area contributed by atoms with Crippen molar-refractivity contribution in [1.82, 2.24) is 20.0 Å². The number of nitrogens with one attached hydrogen (secondary N) is 1. The van der Waals surface area contributed by atoms with Gasteiger partial charge in [0, 0.05) is 38.9 Å². The van der Waals surface area contributed by atoms with Crippen LogP contribution in [-0.2, 0) is 17.8 Å². The number of nitrogens with zero attached hydrogens (tertiary/aromatic N) is 3. The predicted molar refractivity (Wildman–Crippen MR) is 66.8 cm³/mol. The summed E-state index contributed by atoms with van der Waals surface area (Å²) in [5, 5.41) is 7.69. The summed E-state index contributed by atoms with van der Waals surface area (Å²) in [6.45, 7) is 7.69. The van der Waals surface area contributed by atoms with E-state index < -0.39 is 0 Å². The van der Waals surface area contributed by atoms with Crippen LogP contribution in [0.2, 0.25) is 0 Å². The molecule has 17 heavy (non-hydrogen) atoms. The van der Waals surface area contributed by atoms with Crippen LogP contribution in [0.25, 0.3) is 0 Å². The van der Waals surface area contributed by atoms with Crippen LogP contribution in [0.1, 0.15) is 12.6 Å². The molecular weight excluding hydrogens is 216 g/mol. The van der Waals surface area contributed by atoms with Gasteiger partial charge < -0.3 is 15.0 Å². The van der Waals surface area contributed by atoms with E-state index in [-0.39, 0.29) is 0 Å². The van der Waals surface area contributed by atoms with Crippen molar-refractivity contribution in [3.8, 4) is 0 Å². The van der Waals surface area contributed by atoms with E-state index in [9.17, 15) is 0 Å². The van der Waals surface area contributed by atoms with Gasteiger partial charge in [-0.05, 0) is 20.0 Å². The van der Waals surface area contributed by atoms with Crippen LogP contribution in [-0.4, -0.2) is 54.1 Å². The zero-order valence-corrected chi connectivity index (χ0v) is 10.7. The van der Waals surface area contributed by atoms with Crippen LogP contribution in [0.15, 0.2) is 12.3 Å². The lowest BCUT2D eigenvalue weighted by atomic mass is 10.3. The Hall–Kier alpha value is -0.910. The fourth-order valence-electron chi connectivity index (χ4n) is 2.15. The Labute approximate surface area is 103 Å². The van der Waals surface area contributed by atoms with Gasteiger partial charge in [-0.15, -0.1) is 0 Å². The average molecular weight is 238 g/mol. The topological polar surface area (TPSA) is 42.3 Å². The van der Waals surface area contributed by atoms with Gasteiger partial charge in [-0.1, -0.05) is 0 Å². The van der Waals surface area contributed by atoms with Crippen LogP contribution in [0.5, 0.6) is 0 Å². The summed E-state index contributed by atoms with van der Waals surface area (Å²) in [6, 6.07) is 2.06. The summed E-state index contributed by atoms with van der Waals surface area (Å²) in [7, 11) is 2.14. The first-order chi connectivity index (χ1) is 8.29. The van der Waals surface area contributed by atoms with Gasteiger partial charge in [0.25, 0.3) is 0 Å². The van der Waals surface area contributed by atoms with Gasteiger partial charge in [-0.25, -0.2) is 0 Å². The fraction of sp³-hybridized carbons (Fsp3) is 0.750. The van der Waals surface area contributed by atoms with Gasteiger partial charge in [0.2, 0.25) is 0 Å². The smallest absolute Gasteiger partial charge is 0.0826 e. The summed E-state index contributed by atoms with van der Waals surface area (Å²) in [4.78, 5) is 2.31. The Balaban J connectivity index is 1.72. The van der Waals surface area contributed by atoms with Crippen LogP contribution in [0.3, 0.4) is 0 Å². The summed E-state index contributed by atoms with van der Waals surface area (Å²) < 4.78 is 7.71. The molecule has 0 aliphatic carbocycles. The van der Waals surface area contributed by atoms with E-state index in [1.54, 1.807) is 0 Å². The summed E-state index contributed by atoms with van der Waals surface area (Å²) >= 11 is 0. The lowest BCUT2D eigenvalue weighted by Crippen LogP contribution is -2.44. The third-order valence-electron chi connectivity index (χ3n) is 3.12. The molecule has 0 bridgehead atoms. The highest BCUT2D eigenvalue weighted by atomic mass is 16.5. The number of morpholine rings is 1. The molecule has 0 radical (unpaired) electrons. The number of aromatic nitrogens is 2. The summed E-state index contributed by atoms with van der Waals surface area (Å²) in [6.07, 6.45) is 2.16. The number of rotatable bonds is 5. The Bertz CT molecular complexity index is 339. The minimum atomic E-state index is 0.312. The molecule has 2 rings (SSSR count). The molecule has 1 aromatic rings. The van der Waals surface area contributed by atoms with Gasteiger partial charge >= 0.3 is 0 Å². The molecule has 0 amide bonds. The molecule has 5 heteroatoms. The van der Waals surface area contributed by atoms with E-state index in [0.717, 1.165) is 39.3 Å². The minimum Gasteiger partial charge on any atom is -0.374 e. The van der Waals surface area contributed by atoms with E-state index in [2.05, 4.69) is 35.4 Å². The van der Waals surface area contributed by atoms with Gasteiger partial charge in [0.1, 0.15) is 0 Å². The Morgan fingerprint density at radius 2 is 2.47 bits per heavy atom. The van der Waals surface area contributed by atoms with Gasteiger partial charge in [0.15, 0.2) is 0 Å². The van der Waals surface area contributed by atoms with Gasteiger partial charge in [-0.2, -0.15) is 5.10 Å². The Kier molecular flexibility index (Phi) is 4.53. The largest absolute Gasteiger partial charge is 0.374 e. The minimum absolute atomic E-state index is 0.312. The van der Waals surface area contributed by atoms with Crippen molar-refractivity contribution in [2.45, 2.75) is 26.1 Å². The number of hydrogen-bond acceptors (Lipinski definition) is 4. The third-order valence-corrected chi connectivity index (χ3v) is 3.12. The van der Waals surface area contributed by atoms with E-state index >= 15 is 0 Å². The first kappa shape index (κ1) is 12.5. The summed E-state index contributed by atoms with van der Waals surface area (Å²) in [5.74, 6) is 0. The molecule has 1 aliphatic rings. The molecule has 1 aliphatic heterocycles. The SMILES string of the molecule is CCn1nccc1CNCC1CN(C)CCO1. The van der Waals surface area contributed by atoms with Crippen LogP contribution in [0.4, 0.5) is 0 Å². The second kappa shape index (κ2) is 6.14. The van der Waals surface area contributed by atoms with Crippen LogP contribution >= 0.6 is 0 Å². The van der Waals surface area contributed by atoms with E-state index in [1.165, 1.54) is 5.69 Å². The molecule has 5 nitrogen and oxygen atoms in total. The maximum Gasteiger partial charge on any atom is 0.0826 e. The van der Waals surface area contributed by atoms with Crippen molar-refractivity contribution in [2.75, 3.05) is 33.3 Å². The molecule has 1 unspecified atom stereocenters. The molecular formula is C12H22N4O. The highest BCUT2D eigenvalue weighted by Crippen LogP contribution is 2.03. The van der Waals surface area contributed by atoms with E-state index in [1.807, 2.05) is 10.9 Å². The zero-order valence-electron chi connectivity index (χ0n) is 10.7. The van der Waals surface area contributed by atoms with Crippen molar-refractivity contribution in [1.29, 1.82) is 0 Å². The molecule has 1 saturated heterocycles. The molecule has 96 valence electrons. The van der Waals surface area contributed by atoms with Gasteiger partial charge in [-0.3, -0.25) is 4.68 Å². The maximum atomic E-state index is 5.70. The lowest BCUT2D eigenvalue weighted by Gasteiger charge is -2.30. The number of ether oxygens (including phenoxy) is 1. The molecule has 1 aromatic heterocycles. The zero-order chi connectivity index (χ0) is 12.1. The standard InChI is InChI=1S/C12H22N4O/c1-3-16-11(4-5-14-16)8-13-9-12-10-15(2)6-7-17-12/h4-5,12-13H,3,6-10H2,1-2H3. The first-order valence-corrected chi connectivity index (χ1v) is 6.31. The molecule has 0 saturated carbocycles. The van der Waals surface area contributed by atoms with E-state index in [0.29, 0.717) is 6.10 Å². The highest BCUT2D eigenvalue weighted by molar-refractivity contribution is 4.99. The molecule has 0 spiro atoms. The number of aryl methyl sites for hydroxylation is 1. The Morgan fingerprint density at radius 3 is 3.24 bits per heavy atom. The normalized spacial score (nSPS) is 21.9. The second-order valence-corrected chi connectivity index (χ2v) is 4.52. The molecule has 0 aromatic carbocycles. The van der Waals surface area contributed by atoms with Gasteiger partial charge in [0.05, 0.1) is 18.4 Å². The maximum absolute atomic E-state index is 5.70. The number of hydrogen-bond donors (Lipinski definition) is 1. The van der Waals surface area contributed by atoms with Crippen molar-refractivity contribution in [3.05, 3.63) is 18.0 Å². The Morgan fingerprint density at radius 1 is 1.59 bits per heavy atom. The van der Waals surface area contributed by atoms with Crippen molar-refractivity contribution < 1.29 is 4.74 Å². The van der Waals surface area contributed by atoms with E-state index in [4.69, 9.17) is 4.74 Å². The monoisotopic (exact) mass is 238 g/mol. The molecule has 1 fully saturated rings. The summed E-state index contributed by atoms with van der Waals surface area (Å²) in [5.41, 5.74) is 1.23. The predicted octanol–water partition coefficient (Wildman–Crippen LogP) is 0.323. The van der Waals surface area contributed by atoms with Crippen LogP contribution < -0.4 is 5.32 Å². The number of likely N-dealkylation sites (N-methyl/N-ethyl adjacent to an activating group) is 1. The quantitative estimate of drug-likeness (QED) is 0.802. The molecule has 1 N–H and O–H groups in total. The molecule has 1 atom stereocenters. The molecule has 2 heterocycles. The van der Waals surface area contributed by atoms with Crippen molar-refractivity contribution in [2.24, 2.45) is 0 Å². The first-order valence-electron chi connectivity index (χ1n) is 6.31. The second-order valence-electron chi connectivity index (χ2n) is 4.52. The van der Waals surface area contributed by atoms with Crippen molar-refractivity contribution in [3.63, 3.8) is 0 Å². The highest BCUT2D eigenvalue weighted by Gasteiger charge is 2.16.